The van der Waals surface area contributed by atoms with Crippen molar-refractivity contribution in [1.29, 1.82) is 0 Å². The van der Waals surface area contributed by atoms with E-state index in [0.29, 0.717) is 29.2 Å². The Balaban J connectivity index is 1.38. The third kappa shape index (κ3) is 3.01. The van der Waals surface area contributed by atoms with Gasteiger partial charge < -0.3 is 14.8 Å². The van der Waals surface area contributed by atoms with Gasteiger partial charge in [-0.05, 0) is 31.2 Å². The summed E-state index contributed by atoms with van der Waals surface area (Å²) in [7, 11) is 0. The minimum Gasteiger partial charge on any atom is -0.486 e. The Kier molecular flexibility index (Phi) is 4.27. The van der Waals surface area contributed by atoms with E-state index < -0.39 is 23.8 Å². The second-order valence-electron chi connectivity index (χ2n) is 6.44. The highest BCUT2D eigenvalue weighted by Crippen LogP contribution is 2.30. The molecule has 0 fully saturated rings. The fourth-order valence-electron chi connectivity index (χ4n) is 3.20. The van der Waals surface area contributed by atoms with Crippen molar-refractivity contribution in [1.82, 2.24) is 10.2 Å². The first-order valence-electron chi connectivity index (χ1n) is 8.69. The molecule has 2 atom stereocenters. The van der Waals surface area contributed by atoms with Crippen LogP contribution >= 0.6 is 0 Å². The van der Waals surface area contributed by atoms with E-state index in [-0.39, 0.29) is 12.6 Å². The molecule has 0 aromatic heterocycles. The normalized spacial score (nSPS) is 18.9. The summed E-state index contributed by atoms with van der Waals surface area (Å²) in [6, 6.07) is 12.9. The first-order chi connectivity index (χ1) is 13.1. The number of nitrogens with zero attached hydrogens (tertiary/aromatic N) is 1. The van der Waals surface area contributed by atoms with Gasteiger partial charge in [0.2, 0.25) is 5.91 Å². The number of ether oxygens (including phenoxy) is 2. The van der Waals surface area contributed by atoms with E-state index in [1.165, 1.54) is 6.92 Å². The van der Waals surface area contributed by atoms with Crippen molar-refractivity contribution in [3.05, 3.63) is 59.7 Å². The summed E-state index contributed by atoms with van der Waals surface area (Å²) in [5, 5.41) is 2.74. The fourth-order valence-corrected chi connectivity index (χ4v) is 3.20. The third-order valence-corrected chi connectivity index (χ3v) is 4.66. The zero-order valence-corrected chi connectivity index (χ0v) is 14.7. The molecule has 138 valence electrons. The van der Waals surface area contributed by atoms with Gasteiger partial charge in [0.1, 0.15) is 18.8 Å². The lowest BCUT2D eigenvalue weighted by Gasteiger charge is -2.27. The van der Waals surface area contributed by atoms with Crippen molar-refractivity contribution in [2.45, 2.75) is 19.1 Å². The zero-order chi connectivity index (χ0) is 19.0. The van der Waals surface area contributed by atoms with Gasteiger partial charge in [0, 0.05) is 0 Å². The number of para-hydroxylation sites is 2. The number of carbonyl (C=O) groups is 3. The summed E-state index contributed by atoms with van der Waals surface area (Å²) in [4.78, 5) is 38.5. The molecule has 7 nitrogen and oxygen atoms in total. The molecular weight excluding hydrogens is 348 g/mol. The predicted molar refractivity (Wildman–Crippen MR) is 95.8 cm³/mol. The number of rotatable bonds is 4. The minimum absolute atomic E-state index is 0.209. The average molecular weight is 366 g/mol. The van der Waals surface area contributed by atoms with Crippen LogP contribution < -0.4 is 14.8 Å². The summed E-state index contributed by atoms with van der Waals surface area (Å²) in [6.45, 7) is 2.05. The largest absolute Gasteiger partial charge is 0.486 e. The Hall–Kier alpha value is -3.35. The van der Waals surface area contributed by atoms with E-state index >= 15 is 0 Å². The summed E-state index contributed by atoms with van der Waals surface area (Å²) < 4.78 is 11.4. The van der Waals surface area contributed by atoms with Gasteiger partial charge >= 0.3 is 0 Å². The van der Waals surface area contributed by atoms with Crippen LogP contribution in [0.5, 0.6) is 11.5 Å². The van der Waals surface area contributed by atoms with E-state index in [1.54, 1.807) is 30.3 Å². The Labute approximate surface area is 155 Å². The summed E-state index contributed by atoms with van der Waals surface area (Å²) in [5.74, 6) is -0.0447. The topological polar surface area (TPSA) is 84.9 Å². The molecule has 3 amide bonds. The van der Waals surface area contributed by atoms with Crippen LogP contribution in [0.3, 0.4) is 0 Å². The van der Waals surface area contributed by atoms with Crippen LogP contribution in [0, 0.1) is 0 Å². The maximum absolute atomic E-state index is 12.5. The molecule has 1 N–H and O–H groups in total. The minimum atomic E-state index is -0.922. The van der Waals surface area contributed by atoms with Crippen molar-refractivity contribution < 1.29 is 23.9 Å². The third-order valence-electron chi connectivity index (χ3n) is 4.66. The Bertz CT molecular complexity index is 891. The lowest BCUT2D eigenvalue weighted by atomic mass is 10.1. The Morgan fingerprint density at radius 1 is 1.07 bits per heavy atom. The molecule has 0 saturated heterocycles. The first kappa shape index (κ1) is 17.1. The van der Waals surface area contributed by atoms with Crippen LogP contribution in [0.25, 0.3) is 0 Å². The predicted octanol–water partition coefficient (Wildman–Crippen LogP) is 1.63. The number of hydrogen-bond donors (Lipinski definition) is 1. The number of carbonyl (C=O) groups excluding carboxylic acids is 3. The van der Waals surface area contributed by atoms with Crippen molar-refractivity contribution in [3.63, 3.8) is 0 Å². The highest BCUT2D eigenvalue weighted by molar-refractivity contribution is 6.22. The Morgan fingerprint density at radius 3 is 2.33 bits per heavy atom. The van der Waals surface area contributed by atoms with Crippen LogP contribution in [-0.2, 0) is 4.79 Å². The molecule has 0 unspecified atom stereocenters. The summed E-state index contributed by atoms with van der Waals surface area (Å²) in [6.07, 6.45) is -0.349. The number of imide groups is 1. The number of nitrogens with one attached hydrogen (secondary N) is 1. The molecule has 0 saturated carbocycles. The zero-order valence-electron chi connectivity index (χ0n) is 14.7. The monoisotopic (exact) mass is 366 g/mol. The lowest BCUT2D eigenvalue weighted by Crippen LogP contribution is -2.50. The summed E-state index contributed by atoms with van der Waals surface area (Å²) >= 11 is 0. The highest BCUT2D eigenvalue weighted by Gasteiger charge is 2.40. The first-order valence-corrected chi connectivity index (χ1v) is 8.69. The van der Waals surface area contributed by atoms with Gasteiger partial charge in [-0.1, -0.05) is 24.3 Å². The molecule has 2 heterocycles. The maximum atomic E-state index is 12.5. The van der Waals surface area contributed by atoms with E-state index in [9.17, 15) is 14.4 Å². The second kappa shape index (κ2) is 6.75. The quantitative estimate of drug-likeness (QED) is 0.832. The molecule has 27 heavy (non-hydrogen) atoms. The average Bonchev–Trinajstić information content (AvgIpc) is 2.96. The van der Waals surface area contributed by atoms with E-state index in [4.69, 9.17) is 9.47 Å². The van der Waals surface area contributed by atoms with Gasteiger partial charge in [0.05, 0.1) is 17.7 Å². The molecule has 7 heteroatoms. The Morgan fingerprint density at radius 2 is 1.67 bits per heavy atom. The number of hydrogen-bond acceptors (Lipinski definition) is 5. The highest BCUT2D eigenvalue weighted by atomic mass is 16.6. The van der Waals surface area contributed by atoms with Crippen LogP contribution in [0.1, 0.15) is 27.6 Å². The van der Waals surface area contributed by atoms with Crippen LogP contribution in [-0.4, -0.2) is 47.9 Å². The molecule has 4 rings (SSSR count). The van der Waals surface area contributed by atoms with Crippen LogP contribution in [0.15, 0.2) is 48.5 Å². The maximum Gasteiger partial charge on any atom is 0.262 e. The smallest absolute Gasteiger partial charge is 0.262 e. The standard InChI is InChI=1S/C20H18N2O5/c1-12(22-19(24)14-6-2-3-7-15(14)20(22)25)18(23)21-10-13-11-26-16-8-4-5-9-17(16)27-13/h2-9,12-13H,10-11H2,1H3,(H,21,23)/t12-,13-/m0/s1. The number of amides is 3. The number of fused-ring (bicyclic) bond motifs is 2. The SMILES string of the molecule is C[C@@H](C(=O)NC[C@H]1COc2ccccc2O1)N1C(=O)c2ccccc2C1=O. The molecule has 2 aliphatic rings. The van der Waals surface area contributed by atoms with E-state index in [0.717, 1.165) is 4.90 Å². The van der Waals surface area contributed by atoms with E-state index in [1.807, 2.05) is 18.2 Å². The van der Waals surface area contributed by atoms with Gasteiger partial charge in [0.25, 0.3) is 11.8 Å². The van der Waals surface area contributed by atoms with Crippen molar-refractivity contribution in [2.24, 2.45) is 0 Å². The molecule has 0 radical (unpaired) electrons. The molecular formula is C20H18N2O5. The van der Waals surface area contributed by atoms with Gasteiger partial charge in [-0.25, -0.2) is 0 Å². The molecule has 0 bridgehead atoms. The molecule has 0 spiro atoms. The number of benzene rings is 2. The van der Waals surface area contributed by atoms with Crippen LogP contribution in [0.4, 0.5) is 0 Å². The molecule has 0 aliphatic carbocycles. The van der Waals surface area contributed by atoms with Crippen molar-refractivity contribution in [2.75, 3.05) is 13.2 Å². The van der Waals surface area contributed by atoms with E-state index in [2.05, 4.69) is 5.32 Å². The van der Waals surface area contributed by atoms with Crippen LogP contribution in [0.2, 0.25) is 0 Å². The van der Waals surface area contributed by atoms with Gasteiger partial charge in [-0.15, -0.1) is 0 Å². The second-order valence-corrected chi connectivity index (χ2v) is 6.44. The van der Waals surface area contributed by atoms with Crippen molar-refractivity contribution in [3.8, 4) is 11.5 Å². The molecule has 2 aromatic carbocycles. The van der Waals surface area contributed by atoms with Gasteiger partial charge in [-0.3, -0.25) is 19.3 Å². The summed E-state index contributed by atoms with van der Waals surface area (Å²) in [5.41, 5.74) is 0.644. The van der Waals surface area contributed by atoms with Gasteiger partial charge in [-0.2, -0.15) is 0 Å². The van der Waals surface area contributed by atoms with Gasteiger partial charge in [0.15, 0.2) is 11.5 Å². The molecule has 2 aliphatic heterocycles. The fraction of sp³-hybridized carbons (Fsp3) is 0.250. The molecule has 2 aromatic rings. The van der Waals surface area contributed by atoms with Crippen molar-refractivity contribution >= 4 is 17.7 Å². The lowest BCUT2D eigenvalue weighted by molar-refractivity contribution is -0.125.